The van der Waals surface area contributed by atoms with E-state index in [-0.39, 0.29) is 13.4 Å². The number of ether oxygens (including phenoxy) is 3. The van der Waals surface area contributed by atoms with Crippen LogP contribution in [-0.2, 0) is 16.1 Å². The normalized spacial score (nSPS) is 12.0. The molecule has 1 amide bonds. The summed E-state index contributed by atoms with van der Waals surface area (Å²) in [5.74, 6) is 0.350. The van der Waals surface area contributed by atoms with Gasteiger partial charge in [-0.25, -0.2) is 4.79 Å². The summed E-state index contributed by atoms with van der Waals surface area (Å²) in [4.78, 5) is 24.4. The highest BCUT2D eigenvalue weighted by molar-refractivity contribution is 14.1. The van der Waals surface area contributed by atoms with Gasteiger partial charge in [0.25, 0.3) is 5.91 Å². The van der Waals surface area contributed by atoms with Gasteiger partial charge in [0, 0.05) is 13.7 Å². The molecule has 2 aromatic rings. The van der Waals surface area contributed by atoms with Gasteiger partial charge in [-0.15, -0.1) is 0 Å². The molecule has 0 atom stereocenters. The Morgan fingerprint density at radius 2 is 1.85 bits per heavy atom. The number of nitrogens with one attached hydrogen (secondary N) is 1. The largest absolute Gasteiger partial charge is 0.454 e. The first-order valence-electron chi connectivity index (χ1n) is 7.62. The topological polar surface area (TPSA) is 99.9 Å². The number of benzene rings is 2. The van der Waals surface area contributed by atoms with Gasteiger partial charge in [-0.2, -0.15) is 0 Å². The number of carbonyl (C=O) groups is 2. The minimum atomic E-state index is -0.579. The number of carbonyl (C=O) groups excluding carboxylic acids is 2. The number of hydrogen-bond acceptors (Lipinski definition) is 6. The molecular weight excluding hydrogens is 693 g/mol. The summed E-state index contributed by atoms with van der Waals surface area (Å²) < 4.78 is 17.9. The van der Waals surface area contributed by atoms with Crippen molar-refractivity contribution in [1.29, 1.82) is 0 Å². The zero-order valence-electron chi connectivity index (χ0n) is 13.7. The molecule has 0 aromatic heterocycles. The van der Waals surface area contributed by atoms with Gasteiger partial charge in [0.2, 0.25) is 6.79 Å². The predicted molar refractivity (Wildman–Crippen MR) is 124 cm³/mol. The molecule has 0 radical (unpaired) electrons. The molecule has 0 fully saturated rings. The van der Waals surface area contributed by atoms with E-state index in [2.05, 4.69) is 50.5 Å². The van der Waals surface area contributed by atoms with E-state index in [0.29, 0.717) is 32.9 Å². The van der Waals surface area contributed by atoms with E-state index >= 15 is 0 Å². The highest BCUT2D eigenvalue weighted by Gasteiger charge is 2.21. The van der Waals surface area contributed by atoms with Crippen molar-refractivity contribution in [3.05, 3.63) is 46.1 Å². The highest BCUT2D eigenvalue weighted by atomic mass is 127. The lowest BCUT2D eigenvalue weighted by Gasteiger charge is -2.12. The summed E-state index contributed by atoms with van der Waals surface area (Å²) >= 11 is 6.17. The van der Waals surface area contributed by atoms with E-state index in [9.17, 15) is 9.59 Å². The maximum absolute atomic E-state index is 12.4. The molecule has 1 heterocycles. The molecule has 1 aliphatic heterocycles. The van der Waals surface area contributed by atoms with Gasteiger partial charge in [0.15, 0.2) is 18.1 Å². The van der Waals surface area contributed by atoms with Gasteiger partial charge in [-0.3, -0.25) is 4.79 Å². The van der Waals surface area contributed by atoms with E-state index in [4.69, 9.17) is 19.9 Å². The van der Waals surface area contributed by atoms with Crippen LogP contribution in [0.4, 0.5) is 5.69 Å². The number of nitrogens with two attached hydrogens (primary N) is 1. The van der Waals surface area contributed by atoms with Crippen molar-refractivity contribution in [2.45, 2.75) is 6.54 Å². The molecule has 142 valence electrons. The number of esters is 1. The molecule has 2 aromatic carbocycles. The summed E-state index contributed by atoms with van der Waals surface area (Å²) in [6, 6.07) is 7.22. The van der Waals surface area contributed by atoms with Crippen LogP contribution in [0.2, 0.25) is 0 Å². The number of anilines is 1. The van der Waals surface area contributed by atoms with Crippen LogP contribution >= 0.6 is 67.8 Å². The molecule has 10 heteroatoms. The standard InChI is InChI=1S/C17H13I3N2O5/c18-9-4-10(19)16(21)15(20)14(9)17(24)25-6-13(23)22-5-8-1-2-11-12(3-8)27-7-26-11/h1-4H,5-7,21H2,(H,22,23). The molecule has 7 nitrogen and oxygen atoms in total. The zero-order valence-corrected chi connectivity index (χ0v) is 20.2. The third kappa shape index (κ3) is 4.88. The minimum Gasteiger partial charge on any atom is -0.454 e. The van der Waals surface area contributed by atoms with E-state index in [0.717, 1.165) is 12.7 Å². The van der Waals surface area contributed by atoms with Gasteiger partial charge in [-0.05, 0) is 91.5 Å². The van der Waals surface area contributed by atoms with Crippen LogP contribution in [0.5, 0.6) is 11.5 Å². The smallest absolute Gasteiger partial charge is 0.340 e. The van der Waals surface area contributed by atoms with Crippen LogP contribution < -0.4 is 20.5 Å². The van der Waals surface area contributed by atoms with Crippen LogP contribution in [0.1, 0.15) is 15.9 Å². The summed E-state index contributed by atoms with van der Waals surface area (Å²) in [6.45, 7) is 0.113. The van der Waals surface area contributed by atoms with Crippen LogP contribution in [0.3, 0.4) is 0 Å². The van der Waals surface area contributed by atoms with Crippen LogP contribution in [-0.4, -0.2) is 25.3 Å². The Hall–Kier alpha value is -1.03. The van der Waals surface area contributed by atoms with Crippen molar-refractivity contribution in [3.63, 3.8) is 0 Å². The maximum atomic E-state index is 12.4. The van der Waals surface area contributed by atoms with Crippen LogP contribution in [0.15, 0.2) is 24.3 Å². The van der Waals surface area contributed by atoms with Gasteiger partial charge in [0.05, 0.1) is 14.8 Å². The molecule has 0 saturated heterocycles. The third-order valence-corrected chi connectivity index (χ3v) is 6.53. The Balaban J connectivity index is 1.55. The average molecular weight is 706 g/mol. The SMILES string of the molecule is Nc1c(I)cc(I)c(C(=O)OCC(=O)NCc2ccc3c(c2)OCO3)c1I. The lowest BCUT2D eigenvalue weighted by molar-refractivity contribution is -0.124. The second-order valence-electron chi connectivity index (χ2n) is 5.48. The van der Waals surface area contributed by atoms with Crippen molar-refractivity contribution < 1.29 is 23.8 Å². The number of hydrogen-bond donors (Lipinski definition) is 2. The maximum Gasteiger partial charge on any atom is 0.340 e. The monoisotopic (exact) mass is 706 g/mol. The van der Waals surface area contributed by atoms with E-state index < -0.39 is 11.9 Å². The molecule has 0 aliphatic carbocycles. The van der Waals surface area contributed by atoms with Crippen molar-refractivity contribution in [1.82, 2.24) is 5.32 Å². The second-order valence-corrected chi connectivity index (χ2v) is 8.89. The highest BCUT2D eigenvalue weighted by Crippen LogP contribution is 2.32. The van der Waals surface area contributed by atoms with Crippen molar-refractivity contribution >= 4 is 85.3 Å². The molecule has 3 rings (SSSR count). The third-order valence-electron chi connectivity index (χ3n) is 3.67. The molecule has 0 unspecified atom stereocenters. The Morgan fingerprint density at radius 1 is 1.11 bits per heavy atom. The quantitative estimate of drug-likeness (QED) is 0.282. The Bertz CT molecular complexity index is 920. The summed E-state index contributed by atoms with van der Waals surface area (Å²) in [6.07, 6.45) is 0. The van der Waals surface area contributed by atoms with E-state index in [1.807, 2.05) is 28.7 Å². The molecule has 0 saturated carbocycles. The van der Waals surface area contributed by atoms with Gasteiger partial charge in [-0.1, -0.05) is 6.07 Å². The molecule has 3 N–H and O–H groups in total. The molecule has 27 heavy (non-hydrogen) atoms. The number of halogens is 3. The lowest BCUT2D eigenvalue weighted by Crippen LogP contribution is -2.28. The predicted octanol–water partition coefficient (Wildman–Crippen LogP) is 3.28. The number of fused-ring (bicyclic) bond motifs is 1. The summed E-state index contributed by atoms with van der Waals surface area (Å²) in [7, 11) is 0. The van der Waals surface area contributed by atoms with Gasteiger partial charge in [0.1, 0.15) is 0 Å². The first kappa shape index (κ1) is 20.7. The molecule has 0 spiro atoms. The summed E-state index contributed by atoms with van der Waals surface area (Å²) in [5, 5.41) is 2.70. The fraction of sp³-hybridized carbons (Fsp3) is 0.176. The van der Waals surface area contributed by atoms with Gasteiger partial charge < -0.3 is 25.3 Å². The van der Waals surface area contributed by atoms with Crippen molar-refractivity contribution in [3.8, 4) is 11.5 Å². The first-order chi connectivity index (χ1) is 12.9. The van der Waals surface area contributed by atoms with Crippen LogP contribution in [0, 0.1) is 10.7 Å². The van der Waals surface area contributed by atoms with E-state index in [1.165, 1.54) is 0 Å². The first-order valence-corrected chi connectivity index (χ1v) is 10.9. The molecular formula is C17H13I3N2O5. The summed E-state index contributed by atoms with van der Waals surface area (Å²) in [5.41, 5.74) is 7.72. The van der Waals surface area contributed by atoms with Crippen molar-refractivity contribution in [2.24, 2.45) is 0 Å². The fourth-order valence-electron chi connectivity index (χ4n) is 2.30. The van der Waals surface area contributed by atoms with Gasteiger partial charge >= 0.3 is 5.97 Å². The average Bonchev–Trinajstić information content (AvgIpc) is 3.10. The number of nitrogen functional groups attached to an aromatic ring is 1. The molecule has 0 bridgehead atoms. The second kappa shape index (κ2) is 8.98. The number of amides is 1. The zero-order chi connectivity index (χ0) is 19.6. The van der Waals surface area contributed by atoms with E-state index in [1.54, 1.807) is 18.2 Å². The Kier molecular flexibility index (Phi) is 6.88. The minimum absolute atomic E-state index is 0.196. The van der Waals surface area contributed by atoms with Crippen LogP contribution in [0.25, 0.3) is 0 Å². The lowest BCUT2D eigenvalue weighted by atomic mass is 10.2. The molecule has 1 aliphatic rings. The fourth-order valence-corrected chi connectivity index (χ4v) is 6.11. The number of rotatable bonds is 5. The van der Waals surface area contributed by atoms with Crippen molar-refractivity contribution in [2.75, 3.05) is 19.1 Å². The Labute approximate surface area is 196 Å². The Morgan fingerprint density at radius 3 is 2.63 bits per heavy atom.